The lowest BCUT2D eigenvalue weighted by Gasteiger charge is -2.07. The van der Waals surface area contributed by atoms with Crippen LogP contribution in [0.15, 0.2) is 0 Å². The fourth-order valence-corrected chi connectivity index (χ4v) is 0.463. The summed E-state index contributed by atoms with van der Waals surface area (Å²) in [5.74, 6) is 0.713. The van der Waals surface area contributed by atoms with Crippen LogP contribution in [-0.4, -0.2) is 18.5 Å². The molecule has 49 valence electrons. The highest BCUT2D eigenvalue weighted by Gasteiger charge is 1.94. The van der Waals surface area contributed by atoms with Crippen molar-refractivity contribution in [2.75, 3.05) is 12.4 Å². The van der Waals surface area contributed by atoms with E-state index in [1.807, 2.05) is 0 Å². The van der Waals surface area contributed by atoms with Crippen LogP contribution in [-0.2, 0) is 4.74 Å². The number of hydrogen-bond donors (Lipinski definition) is 0. The van der Waals surface area contributed by atoms with Gasteiger partial charge in [0.2, 0.25) is 0 Å². The molecule has 0 bridgehead atoms. The summed E-state index contributed by atoms with van der Waals surface area (Å²) in [5.41, 5.74) is 0. The molecule has 0 aliphatic heterocycles. The lowest BCUT2D eigenvalue weighted by Crippen LogP contribution is -2.07. The van der Waals surface area contributed by atoms with Gasteiger partial charge < -0.3 is 4.74 Å². The third-order valence-electron chi connectivity index (χ3n) is 1.06. The molecular formula is C6H13OS. The second-order valence-corrected chi connectivity index (χ2v) is 2.20. The molecule has 0 aliphatic rings. The van der Waals surface area contributed by atoms with Crippen LogP contribution in [0.4, 0.5) is 0 Å². The van der Waals surface area contributed by atoms with Crippen LogP contribution < -0.4 is 0 Å². The summed E-state index contributed by atoms with van der Waals surface area (Å²) in [6.45, 7) is 4.89. The van der Waals surface area contributed by atoms with Gasteiger partial charge in [-0.15, -0.1) is 0 Å². The van der Waals surface area contributed by atoms with Crippen LogP contribution >= 0.6 is 12.6 Å². The Morgan fingerprint density at radius 1 is 1.62 bits per heavy atom. The molecule has 0 fully saturated rings. The zero-order chi connectivity index (χ0) is 6.41. The van der Waals surface area contributed by atoms with Gasteiger partial charge in [-0.05, 0) is 13.3 Å². The third-order valence-corrected chi connectivity index (χ3v) is 1.23. The van der Waals surface area contributed by atoms with Gasteiger partial charge in [0, 0.05) is 5.75 Å². The fraction of sp³-hybridized carbons (Fsp3) is 1.00. The molecule has 0 saturated heterocycles. The highest BCUT2D eigenvalue weighted by Crippen LogP contribution is 1.94. The third kappa shape index (κ3) is 4.47. The lowest BCUT2D eigenvalue weighted by atomic mass is 10.3. The van der Waals surface area contributed by atoms with E-state index in [0.717, 1.165) is 13.0 Å². The van der Waals surface area contributed by atoms with Crippen LogP contribution in [0.25, 0.3) is 0 Å². The summed E-state index contributed by atoms with van der Waals surface area (Å²) in [6.07, 6.45) is 1.47. The largest absolute Gasteiger partial charge is 0.378 e. The molecule has 0 rings (SSSR count). The van der Waals surface area contributed by atoms with Gasteiger partial charge >= 0.3 is 0 Å². The normalized spacial score (nSPS) is 13.9. The Balaban J connectivity index is 2.86. The van der Waals surface area contributed by atoms with Crippen molar-refractivity contribution in [2.24, 2.45) is 0 Å². The van der Waals surface area contributed by atoms with Crippen molar-refractivity contribution in [2.45, 2.75) is 26.4 Å². The molecule has 0 aromatic carbocycles. The summed E-state index contributed by atoms with van der Waals surface area (Å²) < 4.78 is 5.24. The highest BCUT2D eigenvalue weighted by molar-refractivity contribution is 7.80. The van der Waals surface area contributed by atoms with E-state index in [2.05, 4.69) is 13.8 Å². The van der Waals surface area contributed by atoms with Crippen molar-refractivity contribution in [1.82, 2.24) is 0 Å². The minimum absolute atomic E-state index is 0.387. The zero-order valence-corrected chi connectivity index (χ0v) is 6.33. The standard InChI is InChI=1S/C6H13OS/c1-3-6(2)7-4-5-8/h6H,3-5H2,1-2H3. The average Bonchev–Trinajstić information content (AvgIpc) is 1.83. The zero-order valence-electron chi connectivity index (χ0n) is 5.52. The molecule has 0 heterocycles. The average molecular weight is 133 g/mol. The maximum atomic E-state index is 5.24. The van der Waals surface area contributed by atoms with E-state index in [4.69, 9.17) is 17.4 Å². The Morgan fingerprint density at radius 2 is 2.25 bits per heavy atom. The van der Waals surface area contributed by atoms with E-state index in [1.54, 1.807) is 0 Å². The second kappa shape index (κ2) is 5.45. The maximum absolute atomic E-state index is 5.24. The summed E-state index contributed by atoms with van der Waals surface area (Å²) in [6, 6.07) is 0. The highest BCUT2D eigenvalue weighted by atomic mass is 32.1. The predicted octanol–water partition coefficient (Wildman–Crippen LogP) is 2.00. The first-order chi connectivity index (χ1) is 3.81. The predicted molar refractivity (Wildman–Crippen MR) is 38.2 cm³/mol. The maximum Gasteiger partial charge on any atom is 0.0568 e. The quantitative estimate of drug-likeness (QED) is 0.570. The molecule has 1 radical (unpaired) electrons. The monoisotopic (exact) mass is 133 g/mol. The molecule has 0 amide bonds. The SMILES string of the molecule is CCC(C)OCC[S]. The summed E-state index contributed by atoms with van der Waals surface area (Å²) in [5, 5.41) is 0. The van der Waals surface area contributed by atoms with Crippen molar-refractivity contribution < 1.29 is 4.74 Å². The van der Waals surface area contributed by atoms with Gasteiger partial charge in [0.1, 0.15) is 0 Å². The number of ether oxygens (including phenoxy) is 1. The Hall–Kier alpha value is 0.310. The molecule has 0 saturated carbocycles. The lowest BCUT2D eigenvalue weighted by molar-refractivity contribution is 0.0760. The van der Waals surface area contributed by atoms with Gasteiger partial charge in [0.15, 0.2) is 0 Å². The van der Waals surface area contributed by atoms with Gasteiger partial charge in [-0.3, -0.25) is 0 Å². The molecule has 0 aromatic heterocycles. The van der Waals surface area contributed by atoms with Crippen LogP contribution in [0.5, 0.6) is 0 Å². The Kier molecular flexibility index (Phi) is 5.66. The summed E-state index contributed by atoms with van der Waals surface area (Å²) in [7, 11) is 0. The molecular weight excluding hydrogens is 120 g/mol. The summed E-state index contributed by atoms with van der Waals surface area (Å²) >= 11 is 4.69. The van der Waals surface area contributed by atoms with E-state index in [0.29, 0.717) is 11.9 Å². The molecule has 0 aliphatic carbocycles. The Bertz CT molecular complexity index is 47.8. The van der Waals surface area contributed by atoms with Gasteiger partial charge in [-0.25, -0.2) is 0 Å². The first-order valence-corrected chi connectivity index (χ1v) is 3.58. The fourth-order valence-electron chi connectivity index (χ4n) is 0.367. The molecule has 8 heavy (non-hydrogen) atoms. The summed E-state index contributed by atoms with van der Waals surface area (Å²) in [4.78, 5) is 0. The van der Waals surface area contributed by atoms with E-state index in [9.17, 15) is 0 Å². The van der Waals surface area contributed by atoms with Gasteiger partial charge in [0.05, 0.1) is 12.7 Å². The molecule has 2 heteroatoms. The minimum atomic E-state index is 0.387. The number of rotatable bonds is 4. The molecule has 1 nitrogen and oxygen atoms in total. The Morgan fingerprint density at radius 3 is 2.62 bits per heavy atom. The minimum Gasteiger partial charge on any atom is -0.378 e. The molecule has 0 N–H and O–H groups in total. The smallest absolute Gasteiger partial charge is 0.0568 e. The molecule has 0 spiro atoms. The van der Waals surface area contributed by atoms with Crippen molar-refractivity contribution in [3.8, 4) is 0 Å². The van der Waals surface area contributed by atoms with Crippen molar-refractivity contribution >= 4 is 12.6 Å². The van der Waals surface area contributed by atoms with Crippen LogP contribution in [0.3, 0.4) is 0 Å². The Labute approximate surface area is 56.8 Å². The van der Waals surface area contributed by atoms with Gasteiger partial charge in [-0.1, -0.05) is 19.6 Å². The van der Waals surface area contributed by atoms with Crippen molar-refractivity contribution in [3.05, 3.63) is 0 Å². The van der Waals surface area contributed by atoms with Crippen LogP contribution in [0.2, 0.25) is 0 Å². The molecule has 1 atom stereocenters. The van der Waals surface area contributed by atoms with Crippen molar-refractivity contribution in [3.63, 3.8) is 0 Å². The van der Waals surface area contributed by atoms with Crippen LogP contribution in [0, 0.1) is 0 Å². The first kappa shape index (κ1) is 8.31. The first-order valence-electron chi connectivity index (χ1n) is 3.01. The van der Waals surface area contributed by atoms with E-state index >= 15 is 0 Å². The van der Waals surface area contributed by atoms with Gasteiger partial charge in [-0.2, -0.15) is 0 Å². The second-order valence-electron chi connectivity index (χ2n) is 1.79. The topological polar surface area (TPSA) is 9.23 Å². The van der Waals surface area contributed by atoms with E-state index in [1.165, 1.54) is 0 Å². The van der Waals surface area contributed by atoms with Crippen molar-refractivity contribution in [1.29, 1.82) is 0 Å². The van der Waals surface area contributed by atoms with Gasteiger partial charge in [0.25, 0.3) is 0 Å². The van der Waals surface area contributed by atoms with E-state index in [-0.39, 0.29) is 0 Å². The number of hydrogen-bond acceptors (Lipinski definition) is 1. The molecule has 1 unspecified atom stereocenters. The molecule has 0 aromatic rings. The van der Waals surface area contributed by atoms with Crippen LogP contribution in [0.1, 0.15) is 20.3 Å². The van der Waals surface area contributed by atoms with E-state index < -0.39 is 0 Å².